The lowest BCUT2D eigenvalue weighted by Gasteiger charge is -2.30. The Hall–Kier alpha value is -3.56. The Morgan fingerprint density at radius 2 is 1.73 bits per heavy atom. The van der Waals surface area contributed by atoms with E-state index in [9.17, 15) is 18.0 Å². The van der Waals surface area contributed by atoms with E-state index in [4.69, 9.17) is 11.1 Å². The Bertz CT molecular complexity index is 1190. The number of rotatable bonds is 5. The maximum atomic E-state index is 13.0. The topological polar surface area (TPSA) is 108 Å². The van der Waals surface area contributed by atoms with Gasteiger partial charge in [-0.1, -0.05) is 18.2 Å². The van der Waals surface area contributed by atoms with Crippen molar-refractivity contribution in [3.63, 3.8) is 0 Å². The maximum absolute atomic E-state index is 13.0. The molecule has 1 aromatic carbocycles. The van der Waals surface area contributed by atoms with Crippen LogP contribution < -0.4 is 16.4 Å². The number of alkyl halides is 3. The largest absolute Gasteiger partial charge is 0.434 e. The summed E-state index contributed by atoms with van der Waals surface area (Å²) in [5, 5.41) is 14.1. The van der Waals surface area contributed by atoms with E-state index < -0.39 is 11.9 Å². The number of imidazole rings is 1. The number of aromatic nitrogens is 2. The molecule has 0 saturated heterocycles. The van der Waals surface area contributed by atoms with E-state index in [1.54, 1.807) is 37.3 Å². The summed E-state index contributed by atoms with van der Waals surface area (Å²) in [5.74, 6) is 0.282. The lowest BCUT2D eigenvalue weighted by Crippen LogP contribution is -2.40. The standard InChI is InChI=1S/C23H25F3N6O/c1-13(27)16-4-2-5-17(21(16)28)22(33)30-15-10-8-14(9-11-15)29-19-6-3-7-20-31-18(12-32(19)20)23(24,25)26/h2-7,12,14-15,27,29H,8-11,28H2,1H3,(H,30,33). The number of pyridine rings is 1. The SMILES string of the molecule is CC(=N)c1cccc(C(=O)NC2CCC(Nc3cccc4nc(C(F)(F)F)cn34)CC2)c1N. The maximum Gasteiger partial charge on any atom is 0.434 e. The molecule has 2 heterocycles. The fourth-order valence-electron chi connectivity index (χ4n) is 4.21. The molecule has 0 bridgehead atoms. The van der Waals surface area contributed by atoms with Gasteiger partial charge in [0.05, 0.1) is 11.3 Å². The number of benzene rings is 1. The van der Waals surface area contributed by atoms with Gasteiger partial charge in [-0.2, -0.15) is 13.2 Å². The first-order chi connectivity index (χ1) is 15.6. The van der Waals surface area contributed by atoms with Crippen molar-refractivity contribution in [1.29, 1.82) is 5.41 Å². The van der Waals surface area contributed by atoms with Crippen LogP contribution in [0.15, 0.2) is 42.6 Å². The van der Waals surface area contributed by atoms with E-state index in [1.807, 2.05) is 0 Å². The van der Waals surface area contributed by atoms with Crippen LogP contribution in [0.4, 0.5) is 24.7 Å². The van der Waals surface area contributed by atoms with Crippen LogP contribution in [0.3, 0.4) is 0 Å². The summed E-state index contributed by atoms with van der Waals surface area (Å²) in [7, 11) is 0. The van der Waals surface area contributed by atoms with E-state index in [-0.39, 0.29) is 23.6 Å². The van der Waals surface area contributed by atoms with Gasteiger partial charge < -0.3 is 21.8 Å². The third-order valence-corrected chi connectivity index (χ3v) is 5.95. The minimum atomic E-state index is -4.50. The van der Waals surface area contributed by atoms with Crippen molar-refractivity contribution in [3.8, 4) is 0 Å². The number of nitrogens with zero attached hydrogens (tertiary/aromatic N) is 2. The molecule has 0 atom stereocenters. The molecular weight excluding hydrogens is 433 g/mol. The summed E-state index contributed by atoms with van der Waals surface area (Å²) in [4.78, 5) is 16.4. The number of anilines is 2. The fourth-order valence-corrected chi connectivity index (χ4v) is 4.21. The van der Waals surface area contributed by atoms with Gasteiger partial charge >= 0.3 is 6.18 Å². The quantitative estimate of drug-likeness (QED) is 0.334. The molecule has 0 radical (unpaired) electrons. The summed E-state index contributed by atoms with van der Waals surface area (Å²) in [6.45, 7) is 1.62. The zero-order valence-electron chi connectivity index (χ0n) is 18.0. The van der Waals surface area contributed by atoms with E-state index in [2.05, 4.69) is 15.6 Å². The second kappa shape index (κ2) is 8.76. The minimum Gasteiger partial charge on any atom is -0.398 e. The molecule has 1 amide bonds. The van der Waals surface area contributed by atoms with Crippen LogP contribution in [0.5, 0.6) is 0 Å². The van der Waals surface area contributed by atoms with Crippen molar-refractivity contribution in [2.75, 3.05) is 11.1 Å². The highest BCUT2D eigenvalue weighted by Gasteiger charge is 2.34. The number of carbonyl (C=O) groups excluding carboxylic acids is 1. The number of hydrogen-bond donors (Lipinski definition) is 4. The predicted molar refractivity (Wildman–Crippen MR) is 121 cm³/mol. The lowest BCUT2D eigenvalue weighted by molar-refractivity contribution is -0.140. The van der Waals surface area contributed by atoms with Crippen molar-refractivity contribution in [2.24, 2.45) is 0 Å². The molecule has 4 rings (SSSR count). The number of nitrogens with one attached hydrogen (secondary N) is 3. The van der Waals surface area contributed by atoms with E-state index >= 15 is 0 Å². The summed E-state index contributed by atoms with van der Waals surface area (Å²) < 4.78 is 40.5. The van der Waals surface area contributed by atoms with Crippen LogP contribution in [0.1, 0.15) is 54.2 Å². The Labute approximate surface area is 188 Å². The van der Waals surface area contributed by atoms with Crippen LogP contribution in [0, 0.1) is 5.41 Å². The Kier molecular flexibility index (Phi) is 6.01. The number of fused-ring (bicyclic) bond motifs is 1. The zero-order valence-corrected chi connectivity index (χ0v) is 18.0. The number of nitrogens with two attached hydrogens (primary N) is 1. The van der Waals surface area contributed by atoms with Crippen molar-refractivity contribution in [2.45, 2.75) is 50.9 Å². The molecule has 0 spiro atoms. The highest BCUT2D eigenvalue weighted by Crippen LogP contribution is 2.30. The molecule has 10 heteroatoms. The number of carbonyl (C=O) groups is 1. The van der Waals surface area contributed by atoms with Gasteiger partial charge in [-0.05, 0) is 50.8 Å². The molecule has 1 aliphatic rings. The predicted octanol–water partition coefficient (Wildman–Crippen LogP) is 4.48. The average molecular weight is 458 g/mol. The van der Waals surface area contributed by atoms with Gasteiger partial charge in [0.15, 0.2) is 5.69 Å². The first-order valence-corrected chi connectivity index (χ1v) is 10.7. The Morgan fingerprint density at radius 3 is 2.39 bits per heavy atom. The molecule has 1 aliphatic carbocycles. The molecule has 3 aromatic rings. The Balaban J connectivity index is 1.38. The highest BCUT2D eigenvalue weighted by atomic mass is 19.4. The van der Waals surface area contributed by atoms with E-state index in [1.165, 1.54) is 10.5 Å². The summed E-state index contributed by atoms with van der Waals surface area (Å²) in [5.41, 5.74) is 6.87. The average Bonchev–Trinajstić information content (AvgIpc) is 3.21. The van der Waals surface area contributed by atoms with Gasteiger partial charge in [0, 0.05) is 29.6 Å². The number of nitrogen functional groups attached to an aromatic ring is 1. The molecule has 7 nitrogen and oxygen atoms in total. The van der Waals surface area contributed by atoms with Crippen LogP contribution >= 0.6 is 0 Å². The molecule has 1 fully saturated rings. The normalized spacial score (nSPS) is 18.8. The second-order valence-electron chi connectivity index (χ2n) is 8.32. The van der Waals surface area contributed by atoms with Gasteiger partial charge in [0.1, 0.15) is 11.5 Å². The van der Waals surface area contributed by atoms with Crippen molar-refractivity contribution < 1.29 is 18.0 Å². The number of hydrogen-bond acceptors (Lipinski definition) is 5. The van der Waals surface area contributed by atoms with E-state index in [0.29, 0.717) is 28.3 Å². The minimum absolute atomic E-state index is 0.0273. The summed E-state index contributed by atoms with van der Waals surface area (Å²) >= 11 is 0. The first kappa shape index (κ1) is 22.6. The van der Waals surface area contributed by atoms with Crippen molar-refractivity contribution in [1.82, 2.24) is 14.7 Å². The molecule has 0 aliphatic heterocycles. The zero-order chi connectivity index (χ0) is 23.8. The molecule has 33 heavy (non-hydrogen) atoms. The van der Waals surface area contributed by atoms with Crippen molar-refractivity contribution in [3.05, 3.63) is 59.4 Å². The van der Waals surface area contributed by atoms with E-state index in [0.717, 1.165) is 31.9 Å². The van der Waals surface area contributed by atoms with Crippen LogP contribution in [0.2, 0.25) is 0 Å². The number of halogens is 3. The Morgan fingerprint density at radius 1 is 1.09 bits per heavy atom. The first-order valence-electron chi connectivity index (χ1n) is 10.7. The third kappa shape index (κ3) is 4.79. The lowest BCUT2D eigenvalue weighted by atomic mass is 9.90. The van der Waals surface area contributed by atoms with Gasteiger partial charge in [-0.15, -0.1) is 0 Å². The highest BCUT2D eigenvalue weighted by molar-refractivity contribution is 6.08. The second-order valence-corrected chi connectivity index (χ2v) is 8.32. The third-order valence-electron chi connectivity index (χ3n) is 5.95. The molecule has 2 aromatic heterocycles. The fraction of sp³-hybridized carbons (Fsp3) is 0.348. The van der Waals surface area contributed by atoms with Crippen LogP contribution in [-0.4, -0.2) is 33.1 Å². The van der Waals surface area contributed by atoms with Crippen LogP contribution in [0.25, 0.3) is 5.65 Å². The molecule has 1 saturated carbocycles. The number of amides is 1. The van der Waals surface area contributed by atoms with Gasteiger partial charge in [0.25, 0.3) is 5.91 Å². The molecule has 0 unspecified atom stereocenters. The van der Waals surface area contributed by atoms with Gasteiger partial charge in [-0.3, -0.25) is 9.20 Å². The smallest absolute Gasteiger partial charge is 0.398 e. The van der Waals surface area contributed by atoms with Gasteiger partial charge in [0.2, 0.25) is 0 Å². The molecule has 174 valence electrons. The monoisotopic (exact) mass is 458 g/mol. The summed E-state index contributed by atoms with van der Waals surface area (Å²) in [6, 6.07) is 10.0. The molecular formula is C23H25F3N6O. The molecule has 5 N–H and O–H groups in total. The number of para-hydroxylation sites is 1. The van der Waals surface area contributed by atoms with Crippen molar-refractivity contribution >= 4 is 28.8 Å². The van der Waals surface area contributed by atoms with Gasteiger partial charge in [-0.25, -0.2) is 4.98 Å². The summed E-state index contributed by atoms with van der Waals surface area (Å²) in [6.07, 6.45) is -0.562. The van der Waals surface area contributed by atoms with Crippen LogP contribution in [-0.2, 0) is 6.18 Å².